The summed E-state index contributed by atoms with van der Waals surface area (Å²) in [7, 11) is 8.41. The van der Waals surface area contributed by atoms with Crippen LogP contribution in [0.3, 0.4) is 0 Å². The third kappa shape index (κ3) is 11.5. The Labute approximate surface area is 143 Å². The largest absolute Gasteiger partial charge is 0.464 e. The van der Waals surface area contributed by atoms with Gasteiger partial charge in [-0.25, -0.2) is 0 Å². The molecule has 0 radical (unpaired) electrons. The third-order valence-corrected chi connectivity index (χ3v) is 4.24. The number of esters is 1. The fourth-order valence-corrected chi connectivity index (χ4v) is 2.16. The van der Waals surface area contributed by atoms with Crippen LogP contribution in [0.4, 0.5) is 0 Å². The van der Waals surface area contributed by atoms with Crippen molar-refractivity contribution in [3.05, 3.63) is 0 Å². The van der Waals surface area contributed by atoms with Gasteiger partial charge < -0.3 is 14.5 Å². The maximum Gasteiger partial charge on any atom is 0.311 e. The molecule has 0 atom stereocenters. The molecular weight excluding hydrogens is 290 g/mol. The summed E-state index contributed by atoms with van der Waals surface area (Å²) >= 11 is 0. The summed E-state index contributed by atoms with van der Waals surface area (Å²) in [6.45, 7) is 11.5. The first-order chi connectivity index (χ1) is 10.7. The van der Waals surface area contributed by atoms with Crippen LogP contribution in [0, 0.1) is 5.41 Å². The highest BCUT2D eigenvalue weighted by Crippen LogP contribution is 2.21. The van der Waals surface area contributed by atoms with Gasteiger partial charge in [0, 0.05) is 6.54 Å². The Morgan fingerprint density at radius 1 is 0.870 bits per heavy atom. The standard InChI is InChI=1S/C18H39N3O2/c1-8-18(2,3)17(22)23-16-15-21(13-9-11-19(4)5)14-10-12-20(6)7/h8-16H2,1-7H3. The zero-order valence-corrected chi connectivity index (χ0v) is 16.5. The highest BCUT2D eigenvalue weighted by Gasteiger charge is 2.26. The lowest BCUT2D eigenvalue weighted by atomic mass is 9.91. The molecule has 0 spiro atoms. The van der Waals surface area contributed by atoms with Crippen molar-refractivity contribution in [1.29, 1.82) is 0 Å². The van der Waals surface area contributed by atoms with Crippen molar-refractivity contribution in [2.75, 3.05) is 67.5 Å². The first-order valence-electron chi connectivity index (χ1n) is 8.88. The zero-order valence-electron chi connectivity index (χ0n) is 16.5. The molecule has 0 aliphatic rings. The van der Waals surface area contributed by atoms with Crippen molar-refractivity contribution < 1.29 is 9.53 Å². The first-order valence-corrected chi connectivity index (χ1v) is 8.88. The molecule has 23 heavy (non-hydrogen) atoms. The Hall–Kier alpha value is -0.650. The van der Waals surface area contributed by atoms with Gasteiger partial charge in [-0.05, 0) is 87.5 Å². The Morgan fingerprint density at radius 2 is 1.35 bits per heavy atom. The van der Waals surface area contributed by atoms with Crippen molar-refractivity contribution in [3.63, 3.8) is 0 Å². The molecule has 0 fully saturated rings. The van der Waals surface area contributed by atoms with Gasteiger partial charge >= 0.3 is 5.97 Å². The average molecular weight is 330 g/mol. The Balaban J connectivity index is 4.20. The number of ether oxygens (including phenoxy) is 1. The topological polar surface area (TPSA) is 36.0 Å². The summed E-state index contributed by atoms with van der Waals surface area (Å²) < 4.78 is 5.48. The molecule has 0 aliphatic carbocycles. The Morgan fingerprint density at radius 3 is 1.74 bits per heavy atom. The molecule has 0 aromatic rings. The van der Waals surface area contributed by atoms with Crippen LogP contribution in [0.15, 0.2) is 0 Å². The van der Waals surface area contributed by atoms with Crippen LogP contribution in [0.25, 0.3) is 0 Å². The molecule has 0 unspecified atom stereocenters. The van der Waals surface area contributed by atoms with E-state index in [1.54, 1.807) is 0 Å². The molecule has 0 saturated carbocycles. The SMILES string of the molecule is CCC(C)(C)C(=O)OCCN(CCCN(C)C)CCCN(C)C. The molecule has 5 heteroatoms. The molecule has 0 amide bonds. The Kier molecular flexibility index (Phi) is 11.5. The number of rotatable bonds is 13. The Bertz CT molecular complexity index is 303. The van der Waals surface area contributed by atoms with Crippen molar-refractivity contribution in [2.45, 2.75) is 40.0 Å². The van der Waals surface area contributed by atoms with Gasteiger partial charge in [-0.15, -0.1) is 0 Å². The average Bonchev–Trinajstić information content (AvgIpc) is 2.45. The molecule has 0 rings (SSSR count). The smallest absolute Gasteiger partial charge is 0.311 e. The minimum atomic E-state index is -0.374. The van der Waals surface area contributed by atoms with E-state index in [2.05, 4.69) is 42.9 Å². The van der Waals surface area contributed by atoms with Crippen LogP contribution in [0.2, 0.25) is 0 Å². The van der Waals surface area contributed by atoms with E-state index in [-0.39, 0.29) is 11.4 Å². The highest BCUT2D eigenvalue weighted by atomic mass is 16.5. The molecular formula is C18H39N3O2. The third-order valence-electron chi connectivity index (χ3n) is 4.24. The highest BCUT2D eigenvalue weighted by molar-refractivity contribution is 5.75. The second kappa shape index (κ2) is 11.8. The van der Waals surface area contributed by atoms with Gasteiger partial charge in [-0.1, -0.05) is 6.92 Å². The van der Waals surface area contributed by atoms with Crippen molar-refractivity contribution in [1.82, 2.24) is 14.7 Å². The van der Waals surface area contributed by atoms with E-state index in [4.69, 9.17) is 4.74 Å². The summed E-state index contributed by atoms with van der Waals surface area (Å²) in [6.07, 6.45) is 3.09. The minimum absolute atomic E-state index is 0.0819. The van der Waals surface area contributed by atoms with Crippen molar-refractivity contribution in [3.8, 4) is 0 Å². The normalized spacial score (nSPS) is 12.4. The van der Waals surface area contributed by atoms with Crippen LogP contribution < -0.4 is 0 Å². The van der Waals surface area contributed by atoms with E-state index in [9.17, 15) is 4.79 Å². The van der Waals surface area contributed by atoms with Gasteiger partial charge in [0.2, 0.25) is 0 Å². The summed E-state index contributed by atoms with van der Waals surface area (Å²) in [5.41, 5.74) is -0.374. The van der Waals surface area contributed by atoms with E-state index in [1.807, 2.05) is 20.8 Å². The van der Waals surface area contributed by atoms with Crippen molar-refractivity contribution >= 4 is 5.97 Å². The van der Waals surface area contributed by atoms with Gasteiger partial charge in [-0.2, -0.15) is 0 Å². The van der Waals surface area contributed by atoms with Gasteiger partial charge in [0.25, 0.3) is 0 Å². The van der Waals surface area contributed by atoms with Crippen LogP contribution >= 0.6 is 0 Å². The molecule has 0 heterocycles. The molecule has 138 valence electrons. The number of nitrogens with zero attached hydrogens (tertiary/aromatic N) is 3. The lowest BCUT2D eigenvalue weighted by molar-refractivity contribution is -0.154. The van der Waals surface area contributed by atoms with Crippen molar-refractivity contribution in [2.24, 2.45) is 5.41 Å². The zero-order chi connectivity index (χ0) is 17.9. The second-order valence-electron chi connectivity index (χ2n) is 7.53. The van der Waals surface area contributed by atoms with Gasteiger partial charge in [0.05, 0.1) is 5.41 Å². The predicted octanol–water partition coefficient (Wildman–Crippen LogP) is 2.17. The summed E-state index contributed by atoms with van der Waals surface area (Å²) in [6, 6.07) is 0. The van der Waals surface area contributed by atoms with E-state index < -0.39 is 0 Å². The summed E-state index contributed by atoms with van der Waals surface area (Å²) in [5, 5.41) is 0. The maximum atomic E-state index is 12.0. The predicted molar refractivity (Wildman–Crippen MR) is 97.8 cm³/mol. The molecule has 0 aromatic heterocycles. The maximum absolute atomic E-state index is 12.0. The van der Waals surface area contributed by atoms with Gasteiger partial charge in [-0.3, -0.25) is 9.69 Å². The van der Waals surface area contributed by atoms with E-state index in [0.717, 1.165) is 52.0 Å². The number of hydrogen-bond acceptors (Lipinski definition) is 5. The number of hydrogen-bond donors (Lipinski definition) is 0. The second-order valence-corrected chi connectivity index (χ2v) is 7.53. The van der Waals surface area contributed by atoms with Crippen LogP contribution in [-0.4, -0.2) is 88.2 Å². The van der Waals surface area contributed by atoms with Gasteiger partial charge in [0.1, 0.15) is 6.61 Å². The number of carbonyl (C=O) groups is 1. The van der Waals surface area contributed by atoms with E-state index in [0.29, 0.717) is 6.61 Å². The minimum Gasteiger partial charge on any atom is -0.464 e. The number of carbonyl (C=O) groups excluding carboxylic acids is 1. The fraction of sp³-hybridized carbons (Fsp3) is 0.944. The molecule has 0 aliphatic heterocycles. The monoisotopic (exact) mass is 329 g/mol. The summed E-state index contributed by atoms with van der Waals surface area (Å²) in [5.74, 6) is -0.0819. The van der Waals surface area contributed by atoms with E-state index in [1.165, 1.54) is 0 Å². The first kappa shape index (κ1) is 22.4. The fourth-order valence-electron chi connectivity index (χ4n) is 2.16. The summed E-state index contributed by atoms with van der Waals surface area (Å²) in [4.78, 5) is 18.9. The van der Waals surface area contributed by atoms with Gasteiger partial charge in [0.15, 0.2) is 0 Å². The quantitative estimate of drug-likeness (QED) is 0.484. The lowest BCUT2D eigenvalue weighted by Crippen LogP contribution is -2.34. The molecule has 0 aromatic carbocycles. The molecule has 0 bridgehead atoms. The molecule has 0 N–H and O–H groups in total. The van der Waals surface area contributed by atoms with E-state index >= 15 is 0 Å². The van der Waals surface area contributed by atoms with Crippen LogP contribution in [0.1, 0.15) is 40.0 Å². The molecule has 0 saturated heterocycles. The van der Waals surface area contributed by atoms with Crippen LogP contribution in [0.5, 0.6) is 0 Å². The van der Waals surface area contributed by atoms with Crippen LogP contribution in [-0.2, 0) is 9.53 Å². The lowest BCUT2D eigenvalue weighted by Gasteiger charge is -2.25. The molecule has 5 nitrogen and oxygen atoms in total.